The molecule has 0 unspecified atom stereocenters. The van der Waals surface area contributed by atoms with Crippen LogP contribution in [0.1, 0.15) is 19.8 Å². The lowest BCUT2D eigenvalue weighted by atomic mass is 10.2. The molecule has 0 spiro atoms. The van der Waals surface area contributed by atoms with E-state index in [-0.39, 0.29) is 5.78 Å². The zero-order chi connectivity index (χ0) is 6.15. The molecule has 0 amide bonds. The maximum Gasteiger partial charge on any atom is 0.160 e. The first-order valence-electron chi connectivity index (χ1n) is 2.60. The van der Waals surface area contributed by atoms with E-state index < -0.39 is 0 Å². The summed E-state index contributed by atoms with van der Waals surface area (Å²) in [6.07, 6.45) is 1.37. The molecule has 0 bridgehead atoms. The van der Waals surface area contributed by atoms with Gasteiger partial charge in [-0.15, -0.1) is 0 Å². The second-order valence-electron chi connectivity index (χ2n) is 1.95. The molecule has 1 aliphatic rings. The second kappa shape index (κ2) is 1.90. The second-order valence-corrected chi connectivity index (χ2v) is 2.41. The Balaban J connectivity index is 2.86. The molecular weight excluding hydrogens is 124 g/mol. The number of Topliss-reactive ketones (excluding diaryl/α,β-unsaturated/α-hetero) is 1. The molecule has 0 aromatic heterocycles. The van der Waals surface area contributed by atoms with E-state index in [9.17, 15) is 4.79 Å². The molecule has 0 fully saturated rings. The van der Waals surface area contributed by atoms with Gasteiger partial charge in [-0.3, -0.25) is 4.79 Å². The third kappa shape index (κ3) is 0.781. The summed E-state index contributed by atoms with van der Waals surface area (Å²) in [7, 11) is 0. The summed E-state index contributed by atoms with van der Waals surface area (Å²) in [6, 6.07) is 0. The van der Waals surface area contributed by atoms with Crippen LogP contribution in [0.2, 0.25) is 0 Å². The fraction of sp³-hybridized carbons (Fsp3) is 0.500. The highest BCUT2D eigenvalue weighted by Gasteiger charge is 2.16. The van der Waals surface area contributed by atoms with Gasteiger partial charge in [0, 0.05) is 17.0 Å². The fourth-order valence-corrected chi connectivity index (χ4v) is 0.949. The van der Waals surface area contributed by atoms with Gasteiger partial charge in [-0.05, 0) is 13.3 Å². The van der Waals surface area contributed by atoms with Gasteiger partial charge >= 0.3 is 0 Å². The molecule has 1 rings (SSSR count). The van der Waals surface area contributed by atoms with Crippen molar-refractivity contribution >= 4 is 17.4 Å². The van der Waals surface area contributed by atoms with Crippen LogP contribution in [-0.4, -0.2) is 5.78 Å². The lowest BCUT2D eigenvalue weighted by molar-refractivity contribution is -0.114. The van der Waals surface area contributed by atoms with Crippen molar-refractivity contribution in [3.8, 4) is 0 Å². The highest BCUT2D eigenvalue weighted by molar-refractivity contribution is 6.33. The Morgan fingerprint density at radius 3 is 2.25 bits per heavy atom. The zero-order valence-corrected chi connectivity index (χ0v) is 5.46. The number of hydrogen-bond donors (Lipinski definition) is 0. The number of rotatable bonds is 0. The Labute approximate surface area is 53.3 Å². The normalized spacial score (nSPS) is 20.5. The van der Waals surface area contributed by atoms with Crippen molar-refractivity contribution in [1.29, 1.82) is 0 Å². The molecule has 0 aliphatic heterocycles. The summed E-state index contributed by atoms with van der Waals surface area (Å²) in [5, 5.41) is 0.745. The standard InChI is InChI=1S/C6H7ClO/c1-4-5(7)2-3-6(4)8/h2-3H2,1H3. The number of carbonyl (C=O) groups excluding carboxylic acids is 1. The molecule has 0 radical (unpaired) electrons. The van der Waals surface area contributed by atoms with Crippen molar-refractivity contribution in [3.05, 3.63) is 10.6 Å². The third-order valence-electron chi connectivity index (χ3n) is 1.40. The lowest BCUT2D eigenvalue weighted by Crippen LogP contribution is -1.89. The summed E-state index contributed by atoms with van der Waals surface area (Å²) in [6.45, 7) is 1.78. The minimum Gasteiger partial charge on any atom is -0.295 e. The molecule has 0 aromatic carbocycles. The van der Waals surface area contributed by atoms with Gasteiger partial charge in [0.15, 0.2) is 5.78 Å². The van der Waals surface area contributed by atoms with Crippen molar-refractivity contribution in [3.63, 3.8) is 0 Å². The average Bonchev–Trinajstić information content (AvgIpc) is 1.98. The fourth-order valence-electron chi connectivity index (χ4n) is 0.750. The SMILES string of the molecule is CC1=C(Cl)CCC1=O. The topological polar surface area (TPSA) is 17.1 Å². The maximum atomic E-state index is 10.6. The Hall–Kier alpha value is -0.300. The Morgan fingerprint density at radius 1 is 1.50 bits per heavy atom. The van der Waals surface area contributed by atoms with E-state index in [1.165, 1.54) is 0 Å². The highest BCUT2D eigenvalue weighted by atomic mass is 35.5. The van der Waals surface area contributed by atoms with Crippen molar-refractivity contribution in [2.24, 2.45) is 0 Å². The highest BCUT2D eigenvalue weighted by Crippen LogP contribution is 2.24. The van der Waals surface area contributed by atoms with Crippen molar-refractivity contribution in [2.45, 2.75) is 19.8 Å². The average molecular weight is 131 g/mol. The number of carbonyl (C=O) groups is 1. The predicted octanol–water partition coefficient (Wildman–Crippen LogP) is 1.86. The molecule has 1 nitrogen and oxygen atoms in total. The van der Waals surface area contributed by atoms with Gasteiger partial charge in [0.1, 0.15) is 0 Å². The molecule has 0 saturated carbocycles. The van der Waals surface area contributed by atoms with Crippen LogP contribution in [0.4, 0.5) is 0 Å². The van der Waals surface area contributed by atoms with Gasteiger partial charge in [0.25, 0.3) is 0 Å². The monoisotopic (exact) mass is 130 g/mol. The summed E-state index contributed by atoms with van der Waals surface area (Å²) in [5.74, 6) is 0.204. The van der Waals surface area contributed by atoms with Gasteiger partial charge < -0.3 is 0 Å². The first-order valence-corrected chi connectivity index (χ1v) is 2.98. The van der Waals surface area contributed by atoms with Crippen LogP contribution < -0.4 is 0 Å². The van der Waals surface area contributed by atoms with Gasteiger partial charge in [-0.1, -0.05) is 11.6 Å². The molecule has 0 N–H and O–H groups in total. The molecule has 0 heterocycles. The summed E-state index contributed by atoms with van der Waals surface area (Å²) in [5.41, 5.74) is 0.756. The van der Waals surface area contributed by atoms with E-state index in [2.05, 4.69) is 0 Å². The molecule has 1 aliphatic carbocycles. The van der Waals surface area contributed by atoms with E-state index in [1.807, 2.05) is 0 Å². The summed E-state index contributed by atoms with van der Waals surface area (Å²) >= 11 is 5.62. The lowest BCUT2D eigenvalue weighted by Gasteiger charge is -1.84. The number of allylic oxidation sites excluding steroid dienone is 2. The van der Waals surface area contributed by atoms with Crippen molar-refractivity contribution < 1.29 is 4.79 Å². The predicted molar refractivity (Wildman–Crippen MR) is 32.8 cm³/mol. The first-order chi connectivity index (χ1) is 3.72. The zero-order valence-electron chi connectivity index (χ0n) is 4.70. The minimum absolute atomic E-state index is 0.204. The van der Waals surface area contributed by atoms with E-state index in [0.717, 1.165) is 17.0 Å². The smallest absolute Gasteiger partial charge is 0.160 e. The van der Waals surface area contributed by atoms with Gasteiger partial charge in [0.05, 0.1) is 0 Å². The Kier molecular flexibility index (Phi) is 1.39. The first kappa shape index (κ1) is 5.83. The molecule has 0 aromatic rings. The van der Waals surface area contributed by atoms with Gasteiger partial charge in [-0.2, -0.15) is 0 Å². The molecule has 44 valence electrons. The number of hydrogen-bond acceptors (Lipinski definition) is 1. The van der Waals surface area contributed by atoms with Gasteiger partial charge in [-0.25, -0.2) is 0 Å². The van der Waals surface area contributed by atoms with Gasteiger partial charge in [0.2, 0.25) is 0 Å². The van der Waals surface area contributed by atoms with Crippen LogP contribution in [0.25, 0.3) is 0 Å². The number of ketones is 1. The number of halogens is 1. The largest absolute Gasteiger partial charge is 0.295 e. The van der Waals surface area contributed by atoms with Crippen LogP contribution in [0.5, 0.6) is 0 Å². The van der Waals surface area contributed by atoms with Crippen LogP contribution >= 0.6 is 11.6 Å². The maximum absolute atomic E-state index is 10.6. The minimum atomic E-state index is 0.204. The van der Waals surface area contributed by atoms with E-state index in [4.69, 9.17) is 11.6 Å². The Morgan fingerprint density at radius 2 is 2.12 bits per heavy atom. The van der Waals surface area contributed by atoms with Crippen LogP contribution in [-0.2, 0) is 4.79 Å². The molecule has 0 atom stereocenters. The molecule has 8 heavy (non-hydrogen) atoms. The third-order valence-corrected chi connectivity index (χ3v) is 1.87. The molecular formula is C6H7ClO. The molecule has 2 heteroatoms. The van der Waals surface area contributed by atoms with Crippen LogP contribution in [0.3, 0.4) is 0 Å². The van der Waals surface area contributed by atoms with E-state index in [0.29, 0.717) is 6.42 Å². The van der Waals surface area contributed by atoms with Crippen LogP contribution in [0.15, 0.2) is 10.6 Å². The van der Waals surface area contributed by atoms with E-state index >= 15 is 0 Å². The van der Waals surface area contributed by atoms with Crippen molar-refractivity contribution in [1.82, 2.24) is 0 Å². The molecule has 0 saturated heterocycles. The summed E-state index contributed by atoms with van der Waals surface area (Å²) < 4.78 is 0. The summed E-state index contributed by atoms with van der Waals surface area (Å²) in [4.78, 5) is 10.6. The Bertz CT molecular complexity index is 158. The van der Waals surface area contributed by atoms with E-state index in [1.54, 1.807) is 6.92 Å². The van der Waals surface area contributed by atoms with Crippen molar-refractivity contribution in [2.75, 3.05) is 0 Å². The quantitative estimate of drug-likeness (QED) is 0.489. The van der Waals surface area contributed by atoms with Crippen LogP contribution in [0, 0.1) is 0 Å².